The van der Waals surface area contributed by atoms with Gasteiger partial charge in [-0.2, -0.15) is 0 Å². The third-order valence-electron chi connectivity index (χ3n) is 2.46. The Hall–Kier alpha value is -1.56. The molecule has 6 heteroatoms. The zero-order valence-electron chi connectivity index (χ0n) is 7.73. The first-order chi connectivity index (χ1) is 6.72. The fourth-order valence-electron chi connectivity index (χ4n) is 1.54. The van der Waals surface area contributed by atoms with E-state index < -0.39 is 0 Å². The van der Waals surface area contributed by atoms with E-state index in [-0.39, 0.29) is 11.2 Å². The molecule has 0 spiro atoms. The largest absolute Gasteiger partial charge is 0.391 e. The van der Waals surface area contributed by atoms with Gasteiger partial charge in [0.05, 0.1) is 6.33 Å². The summed E-state index contributed by atoms with van der Waals surface area (Å²) in [4.78, 5) is 19.6. The summed E-state index contributed by atoms with van der Waals surface area (Å²) in [6, 6.07) is 0. The number of H-pyrrole nitrogens is 1. The van der Waals surface area contributed by atoms with Gasteiger partial charge in [0.1, 0.15) is 5.69 Å². The van der Waals surface area contributed by atoms with Gasteiger partial charge in [-0.3, -0.25) is 4.79 Å². The van der Waals surface area contributed by atoms with Crippen LogP contribution in [0.25, 0.3) is 0 Å². The Labute approximate surface area is 80.9 Å². The average Bonchev–Trinajstić information content (AvgIpc) is 2.10. The molecule has 2 heterocycles. The number of nitrogens with one attached hydrogen (secondary N) is 1. The standard InChI is InChI=1S/C8H13N5O/c9-1-5-2-13(3-5)7-6(10)8(14)12-4-11-7/h4-5H,1-3,9-10H2,(H,11,12,14). The number of nitrogen functional groups attached to an aromatic ring is 1. The van der Waals surface area contributed by atoms with Gasteiger partial charge in [-0.25, -0.2) is 4.98 Å². The lowest BCUT2D eigenvalue weighted by molar-refractivity contribution is 0.417. The second-order valence-corrected chi connectivity index (χ2v) is 3.48. The van der Waals surface area contributed by atoms with Crippen molar-refractivity contribution in [2.45, 2.75) is 0 Å². The zero-order valence-corrected chi connectivity index (χ0v) is 7.73. The first-order valence-electron chi connectivity index (χ1n) is 4.50. The van der Waals surface area contributed by atoms with Crippen molar-refractivity contribution >= 4 is 11.5 Å². The third kappa shape index (κ3) is 1.33. The molecule has 1 aromatic heterocycles. The Bertz CT molecular complexity index is 382. The molecule has 2 rings (SSSR count). The van der Waals surface area contributed by atoms with Crippen LogP contribution >= 0.6 is 0 Å². The van der Waals surface area contributed by atoms with Crippen LogP contribution in [0.4, 0.5) is 11.5 Å². The van der Waals surface area contributed by atoms with Crippen molar-refractivity contribution in [3.05, 3.63) is 16.7 Å². The predicted molar refractivity (Wildman–Crippen MR) is 54.0 cm³/mol. The highest BCUT2D eigenvalue weighted by molar-refractivity contribution is 5.62. The molecule has 6 nitrogen and oxygen atoms in total. The van der Waals surface area contributed by atoms with Crippen LogP contribution in [0.2, 0.25) is 0 Å². The lowest BCUT2D eigenvalue weighted by Crippen LogP contribution is -2.50. The van der Waals surface area contributed by atoms with E-state index in [4.69, 9.17) is 11.5 Å². The van der Waals surface area contributed by atoms with E-state index in [0.29, 0.717) is 18.3 Å². The van der Waals surface area contributed by atoms with Crippen LogP contribution in [0.15, 0.2) is 11.1 Å². The lowest BCUT2D eigenvalue weighted by atomic mass is 10.0. The van der Waals surface area contributed by atoms with E-state index in [1.54, 1.807) is 0 Å². The van der Waals surface area contributed by atoms with E-state index >= 15 is 0 Å². The van der Waals surface area contributed by atoms with Gasteiger partial charge < -0.3 is 21.4 Å². The highest BCUT2D eigenvalue weighted by atomic mass is 16.1. The number of hydrogen-bond donors (Lipinski definition) is 3. The molecule has 1 aromatic rings. The van der Waals surface area contributed by atoms with Crippen LogP contribution in [0.3, 0.4) is 0 Å². The predicted octanol–water partition coefficient (Wildman–Crippen LogP) is -1.25. The van der Waals surface area contributed by atoms with Crippen molar-refractivity contribution in [3.63, 3.8) is 0 Å². The summed E-state index contributed by atoms with van der Waals surface area (Å²) in [6.07, 6.45) is 1.36. The molecule has 1 aliphatic rings. The average molecular weight is 195 g/mol. The number of aromatic nitrogens is 2. The van der Waals surface area contributed by atoms with Crippen LogP contribution in [-0.4, -0.2) is 29.6 Å². The molecule has 0 bridgehead atoms. The Balaban J connectivity index is 2.19. The summed E-state index contributed by atoms with van der Waals surface area (Å²) in [5.41, 5.74) is 11.0. The number of nitrogens with zero attached hydrogens (tertiary/aromatic N) is 2. The number of nitrogens with two attached hydrogens (primary N) is 2. The molecular formula is C8H13N5O. The van der Waals surface area contributed by atoms with Gasteiger partial charge in [-0.1, -0.05) is 0 Å². The number of anilines is 2. The minimum Gasteiger partial charge on any atom is -0.391 e. The smallest absolute Gasteiger partial charge is 0.276 e. The Morgan fingerprint density at radius 3 is 3.00 bits per heavy atom. The highest BCUT2D eigenvalue weighted by Gasteiger charge is 2.28. The summed E-state index contributed by atoms with van der Waals surface area (Å²) < 4.78 is 0. The molecule has 0 aromatic carbocycles. The SMILES string of the molecule is NCC1CN(c2nc[nH]c(=O)c2N)C1. The quantitative estimate of drug-likeness (QED) is 0.547. The summed E-state index contributed by atoms with van der Waals surface area (Å²) >= 11 is 0. The van der Waals surface area contributed by atoms with Crippen LogP contribution in [0.1, 0.15) is 0 Å². The van der Waals surface area contributed by atoms with Gasteiger partial charge in [0.25, 0.3) is 5.56 Å². The topological polar surface area (TPSA) is 101 Å². The normalized spacial score (nSPS) is 16.8. The molecule has 1 saturated heterocycles. The lowest BCUT2D eigenvalue weighted by Gasteiger charge is -2.39. The second kappa shape index (κ2) is 3.30. The first kappa shape index (κ1) is 9.01. The molecule has 0 saturated carbocycles. The van der Waals surface area contributed by atoms with Gasteiger partial charge >= 0.3 is 0 Å². The van der Waals surface area contributed by atoms with Crippen LogP contribution in [0, 0.1) is 5.92 Å². The summed E-state index contributed by atoms with van der Waals surface area (Å²) in [7, 11) is 0. The van der Waals surface area contributed by atoms with Gasteiger partial charge in [0, 0.05) is 19.0 Å². The molecule has 1 aliphatic heterocycles. The number of hydrogen-bond acceptors (Lipinski definition) is 5. The summed E-state index contributed by atoms with van der Waals surface area (Å²) in [5.74, 6) is 1.06. The molecule has 0 amide bonds. The van der Waals surface area contributed by atoms with Crippen molar-refractivity contribution < 1.29 is 0 Å². The van der Waals surface area contributed by atoms with Crippen LogP contribution < -0.4 is 21.9 Å². The molecule has 0 radical (unpaired) electrons. The fourth-order valence-corrected chi connectivity index (χ4v) is 1.54. The van der Waals surface area contributed by atoms with Crippen LogP contribution in [-0.2, 0) is 0 Å². The summed E-state index contributed by atoms with van der Waals surface area (Å²) in [5, 5.41) is 0. The number of rotatable bonds is 2. The van der Waals surface area contributed by atoms with E-state index in [2.05, 4.69) is 9.97 Å². The van der Waals surface area contributed by atoms with Crippen molar-refractivity contribution in [3.8, 4) is 0 Å². The molecule has 76 valence electrons. The van der Waals surface area contributed by atoms with Crippen molar-refractivity contribution in [1.29, 1.82) is 0 Å². The third-order valence-corrected chi connectivity index (χ3v) is 2.46. The molecule has 0 aliphatic carbocycles. The molecular weight excluding hydrogens is 182 g/mol. The van der Waals surface area contributed by atoms with Gasteiger partial charge in [0.2, 0.25) is 0 Å². The fraction of sp³-hybridized carbons (Fsp3) is 0.500. The Morgan fingerprint density at radius 1 is 1.64 bits per heavy atom. The van der Waals surface area contributed by atoms with E-state index in [9.17, 15) is 4.79 Å². The Morgan fingerprint density at radius 2 is 2.36 bits per heavy atom. The van der Waals surface area contributed by atoms with Gasteiger partial charge in [-0.05, 0) is 6.54 Å². The van der Waals surface area contributed by atoms with E-state index in [1.807, 2.05) is 4.90 Å². The highest BCUT2D eigenvalue weighted by Crippen LogP contribution is 2.24. The molecule has 0 unspecified atom stereocenters. The van der Waals surface area contributed by atoms with E-state index in [1.165, 1.54) is 6.33 Å². The minimum atomic E-state index is -0.286. The first-order valence-corrected chi connectivity index (χ1v) is 4.50. The molecule has 0 atom stereocenters. The van der Waals surface area contributed by atoms with Crippen molar-refractivity contribution in [2.24, 2.45) is 11.7 Å². The monoisotopic (exact) mass is 195 g/mol. The van der Waals surface area contributed by atoms with Crippen molar-refractivity contribution in [2.75, 3.05) is 30.3 Å². The van der Waals surface area contributed by atoms with Gasteiger partial charge in [0.15, 0.2) is 5.82 Å². The maximum Gasteiger partial charge on any atom is 0.276 e. The molecule has 1 fully saturated rings. The van der Waals surface area contributed by atoms with Gasteiger partial charge in [-0.15, -0.1) is 0 Å². The maximum atomic E-state index is 11.2. The maximum absolute atomic E-state index is 11.2. The Kier molecular flexibility index (Phi) is 2.12. The second-order valence-electron chi connectivity index (χ2n) is 3.48. The zero-order chi connectivity index (χ0) is 10.1. The number of aromatic amines is 1. The minimum absolute atomic E-state index is 0.183. The van der Waals surface area contributed by atoms with Crippen LogP contribution in [0.5, 0.6) is 0 Å². The summed E-state index contributed by atoms with van der Waals surface area (Å²) in [6.45, 7) is 2.33. The van der Waals surface area contributed by atoms with Crippen molar-refractivity contribution in [1.82, 2.24) is 9.97 Å². The molecule has 14 heavy (non-hydrogen) atoms. The molecule has 5 N–H and O–H groups in total. The van der Waals surface area contributed by atoms with E-state index in [0.717, 1.165) is 13.1 Å².